The number of esters is 1. The van der Waals surface area contributed by atoms with Crippen molar-refractivity contribution >= 4 is 30.1 Å². The van der Waals surface area contributed by atoms with Crippen LogP contribution < -0.4 is 20.2 Å². The maximum Gasteiger partial charge on any atom is 0.337 e. The number of nitrogens with one attached hydrogen (secondary N) is 2. The van der Waals surface area contributed by atoms with E-state index in [1.54, 1.807) is 72.8 Å². The molecule has 0 heterocycles. The fourth-order valence-electron chi connectivity index (χ4n) is 3.10. The molecule has 0 fully saturated rings. The minimum Gasteiger partial charge on any atom is -0.493 e. The number of amides is 2. The molecule has 0 unspecified atom stereocenters. The third kappa shape index (κ3) is 6.80. The van der Waals surface area contributed by atoms with Crippen molar-refractivity contribution in [1.29, 1.82) is 0 Å². The van der Waals surface area contributed by atoms with Gasteiger partial charge in [0.2, 0.25) is 0 Å². The van der Waals surface area contributed by atoms with Gasteiger partial charge in [-0.15, -0.1) is 0 Å². The summed E-state index contributed by atoms with van der Waals surface area (Å²) < 4.78 is 15.2. The molecule has 9 nitrogen and oxygen atoms in total. The van der Waals surface area contributed by atoms with E-state index in [0.717, 1.165) is 0 Å². The molecule has 3 aromatic rings. The van der Waals surface area contributed by atoms with Crippen LogP contribution in [0, 0.1) is 0 Å². The Kier molecular flexibility index (Phi) is 8.94. The highest BCUT2D eigenvalue weighted by Crippen LogP contribution is 2.28. The highest BCUT2D eigenvalue weighted by molar-refractivity contribution is 6.05. The number of hydrogen-bond acceptors (Lipinski definition) is 7. The number of hydrazone groups is 1. The largest absolute Gasteiger partial charge is 0.493 e. The van der Waals surface area contributed by atoms with Crippen molar-refractivity contribution in [3.05, 3.63) is 101 Å². The van der Waals surface area contributed by atoms with Crippen molar-refractivity contribution in [2.75, 3.05) is 21.3 Å². The molecule has 2 N–H and O–H groups in total. The van der Waals surface area contributed by atoms with Crippen molar-refractivity contribution in [3.8, 4) is 11.5 Å². The lowest BCUT2D eigenvalue weighted by atomic mass is 10.1. The van der Waals surface area contributed by atoms with Crippen LogP contribution in [-0.4, -0.2) is 45.3 Å². The molecule has 0 aliphatic rings. The van der Waals surface area contributed by atoms with Gasteiger partial charge in [0.05, 0.1) is 33.1 Å². The predicted molar refractivity (Wildman–Crippen MR) is 135 cm³/mol. The van der Waals surface area contributed by atoms with E-state index in [1.807, 2.05) is 0 Å². The van der Waals surface area contributed by atoms with Gasteiger partial charge in [-0.2, -0.15) is 5.10 Å². The zero-order valence-electron chi connectivity index (χ0n) is 20.0. The Hall–Kier alpha value is -4.92. The fraction of sp³-hybridized carbons (Fsp3) is 0.111. The topological polar surface area (TPSA) is 115 Å². The number of hydrogen-bond donors (Lipinski definition) is 2. The van der Waals surface area contributed by atoms with Crippen LogP contribution in [0.3, 0.4) is 0 Å². The first-order valence-electron chi connectivity index (χ1n) is 10.8. The van der Waals surface area contributed by atoms with Crippen LogP contribution in [-0.2, 0) is 9.53 Å². The number of methoxy groups -OCH3 is 3. The molecule has 0 aliphatic carbocycles. The summed E-state index contributed by atoms with van der Waals surface area (Å²) in [6.07, 6.45) is 2.91. The molecule has 0 bridgehead atoms. The van der Waals surface area contributed by atoms with Gasteiger partial charge in [-0.25, -0.2) is 10.2 Å². The van der Waals surface area contributed by atoms with E-state index in [-0.39, 0.29) is 5.70 Å². The Balaban J connectivity index is 1.82. The van der Waals surface area contributed by atoms with Crippen molar-refractivity contribution in [1.82, 2.24) is 10.7 Å². The second-order valence-electron chi connectivity index (χ2n) is 7.31. The summed E-state index contributed by atoms with van der Waals surface area (Å²) in [7, 11) is 4.33. The average molecular weight is 488 g/mol. The fourth-order valence-corrected chi connectivity index (χ4v) is 3.10. The van der Waals surface area contributed by atoms with Crippen LogP contribution in [0.15, 0.2) is 83.6 Å². The van der Waals surface area contributed by atoms with Gasteiger partial charge < -0.3 is 19.5 Å². The Morgan fingerprint density at radius 1 is 0.778 bits per heavy atom. The first kappa shape index (κ1) is 25.7. The van der Waals surface area contributed by atoms with Gasteiger partial charge in [0.1, 0.15) is 5.70 Å². The van der Waals surface area contributed by atoms with Gasteiger partial charge >= 0.3 is 5.97 Å². The molecule has 0 aliphatic heterocycles. The molecule has 3 aromatic carbocycles. The van der Waals surface area contributed by atoms with Crippen molar-refractivity contribution < 1.29 is 28.6 Å². The van der Waals surface area contributed by atoms with Crippen LogP contribution in [0.4, 0.5) is 0 Å². The molecule has 0 atom stereocenters. The molecule has 184 valence electrons. The molecule has 9 heteroatoms. The van der Waals surface area contributed by atoms with E-state index in [9.17, 15) is 14.4 Å². The van der Waals surface area contributed by atoms with Gasteiger partial charge in [0.25, 0.3) is 11.8 Å². The molecule has 36 heavy (non-hydrogen) atoms. The number of carbonyl (C=O) groups excluding carboxylic acids is 3. The minimum absolute atomic E-state index is 0.0331. The van der Waals surface area contributed by atoms with Crippen LogP contribution in [0.25, 0.3) is 6.08 Å². The van der Waals surface area contributed by atoms with Gasteiger partial charge in [-0.1, -0.05) is 36.4 Å². The van der Waals surface area contributed by atoms with Crippen molar-refractivity contribution in [2.45, 2.75) is 0 Å². The summed E-state index contributed by atoms with van der Waals surface area (Å²) >= 11 is 0. The lowest BCUT2D eigenvalue weighted by Crippen LogP contribution is -2.32. The molecular weight excluding hydrogens is 462 g/mol. The number of benzene rings is 3. The highest BCUT2D eigenvalue weighted by atomic mass is 16.5. The van der Waals surface area contributed by atoms with E-state index in [2.05, 4.69) is 20.6 Å². The normalized spacial score (nSPS) is 11.0. The van der Waals surface area contributed by atoms with Crippen LogP contribution in [0.5, 0.6) is 11.5 Å². The Bertz CT molecular complexity index is 1280. The number of nitrogens with zero attached hydrogens (tertiary/aromatic N) is 1. The molecule has 0 radical (unpaired) electrons. The lowest BCUT2D eigenvalue weighted by Gasteiger charge is -2.11. The van der Waals surface area contributed by atoms with Gasteiger partial charge in [0, 0.05) is 5.56 Å². The summed E-state index contributed by atoms with van der Waals surface area (Å²) in [6, 6.07) is 20.1. The smallest absolute Gasteiger partial charge is 0.337 e. The molecule has 3 rings (SSSR count). The summed E-state index contributed by atoms with van der Waals surface area (Å²) in [5.74, 6) is -0.562. The number of carbonyl (C=O) groups is 3. The summed E-state index contributed by atoms with van der Waals surface area (Å²) in [5, 5.41) is 6.60. The molecule has 0 spiro atoms. The Labute approximate surface area is 208 Å². The van der Waals surface area contributed by atoms with E-state index in [4.69, 9.17) is 9.47 Å². The molecule has 0 aromatic heterocycles. The molecular formula is C27H25N3O6. The zero-order chi connectivity index (χ0) is 25.9. The van der Waals surface area contributed by atoms with Gasteiger partial charge in [-0.05, 0) is 53.6 Å². The Morgan fingerprint density at radius 2 is 1.44 bits per heavy atom. The zero-order valence-corrected chi connectivity index (χ0v) is 20.0. The number of rotatable bonds is 9. The SMILES string of the molecule is COC(=O)c1ccc(/C=N\NC(=O)/C(=C\c2ccc(OC)c(OC)c2)NC(=O)c2ccccc2)cc1. The second kappa shape index (κ2) is 12.5. The van der Waals surface area contributed by atoms with Crippen LogP contribution in [0.1, 0.15) is 31.8 Å². The van der Waals surface area contributed by atoms with Gasteiger partial charge in [0.15, 0.2) is 11.5 Å². The minimum atomic E-state index is -0.642. The van der Waals surface area contributed by atoms with Crippen LogP contribution >= 0.6 is 0 Å². The van der Waals surface area contributed by atoms with Crippen molar-refractivity contribution in [2.24, 2.45) is 5.10 Å². The van der Waals surface area contributed by atoms with E-state index < -0.39 is 17.8 Å². The van der Waals surface area contributed by atoms with Crippen molar-refractivity contribution in [3.63, 3.8) is 0 Å². The van der Waals surface area contributed by atoms with Crippen LogP contribution in [0.2, 0.25) is 0 Å². The maximum absolute atomic E-state index is 12.9. The van der Waals surface area contributed by atoms with Gasteiger partial charge in [-0.3, -0.25) is 9.59 Å². The first-order chi connectivity index (χ1) is 17.4. The predicted octanol–water partition coefficient (Wildman–Crippen LogP) is 3.41. The summed E-state index contributed by atoms with van der Waals surface area (Å²) in [5.41, 5.74) is 4.38. The molecule has 0 saturated heterocycles. The van der Waals surface area contributed by atoms with E-state index in [1.165, 1.54) is 33.6 Å². The molecule has 0 saturated carbocycles. The first-order valence-corrected chi connectivity index (χ1v) is 10.8. The summed E-state index contributed by atoms with van der Waals surface area (Å²) in [6.45, 7) is 0. The number of ether oxygens (including phenoxy) is 3. The third-order valence-corrected chi connectivity index (χ3v) is 4.96. The third-order valence-electron chi connectivity index (χ3n) is 4.96. The summed E-state index contributed by atoms with van der Waals surface area (Å²) in [4.78, 5) is 37.2. The monoisotopic (exact) mass is 487 g/mol. The standard InChI is InChI=1S/C27H25N3O6/c1-34-23-14-11-19(16-24(23)35-2)15-22(29-25(31)20-7-5-4-6-8-20)26(32)30-28-17-18-9-12-21(13-10-18)27(33)36-3/h4-17H,1-3H3,(H,29,31)(H,30,32)/b22-15+,28-17-. The highest BCUT2D eigenvalue weighted by Gasteiger charge is 2.15. The van der Waals surface area contributed by atoms with E-state index in [0.29, 0.717) is 33.8 Å². The van der Waals surface area contributed by atoms with E-state index >= 15 is 0 Å². The maximum atomic E-state index is 12.9. The Morgan fingerprint density at radius 3 is 2.08 bits per heavy atom. The lowest BCUT2D eigenvalue weighted by molar-refractivity contribution is -0.117. The second-order valence-corrected chi connectivity index (χ2v) is 7.31. The quantitative estimate of drug-likeness (QED) is 0.207. The average Bonchev–Trinajstić information content (AvgIpc) is 2.92. The molecule has 2 amide bonds.